The van der Waals surface area contributed by atoms with Crippen LogP contribution >= 0.6 is 0 Å². The molecule has 0 aromatic rings. The van der Waals surface area contributed by atoms with E-state index in [0.29, 0.717) is 19.3 Å². The van der Waals surface area contributed by atoms with E-state index in [0.717, 1.165) is 64.2 Å². The maximum Gasteiger partial charge on any atom is 0.306 e. The Bertz CT molecular complexity index is 1070. The molecule has 0 amide bonds. The molecule has 0 rings (SSSR count). The van der Waals surface area contributed by atoms with E-state index < -0.39 is 6.10 Å². The Hall–Kier alpha value is -2.11. The van der Waals surface area contributed by atoms with Crippen molar-refractivity contribution in [3.63, 3.8) is 0 Å². The summed E-state index contributed by atoms with van der Waals surface area (Å²) in [4.78, 5) is 37.7. The normalized spacial score (nSPS) is 12.1. The van der Waals surface area contributed by atoms with E-state index in [1.54, 1.807) is 0 Å². The van der Waals surface area contributed by atoms with Crippen LogP contribution in [0.2, 0.25) is 0 Å². The molecular weight excluding hydrogens is 817 g/mol. The second-order valence-electron chi connectivity index (χ2n) is 19.9. The first kappa shape index (κ1) is 63.9. The van der Waals surface area contributed by atoms with Gasteiger partial charge in [0.1, 0.15) is 13.2 Å². The molecule has 0 saturated heterocycles. The Kier molecular flexibility index (Phi) is 53.7. The highest BCUT2D eigenvalue weighted by molar-refractivity contribution is 5.71. The van der Waals surface area contributed by atoms with Crippen molar-refractivity contribution in [2.45, 2.75) is 329 Å². The average molecular weight is 930 g/mol. The van der Waals surface area contributed by atoms with Crippen molar-refractivity contribution >= 4 is 17.9 Å². The summed E-state index contributed by atoms with van der Waals surface area (Å²) in [5, 5.41) is 0. The van der Waals surface area contributed by atoms with Gasteiger partial charge in [0.15, 0.2) is 6.10 Å². The fourth-order valence-corrected chi connectivity index (χ4v) is 8.77. The quantitative estimate of drug-likeness (QED) is 0.0262. The van der Waals surface area contributed by atoms with Gasteiger partial charge in [0, 0.05) is 19.3 Å². The van der Waals surface area contributed by atoms with Gasteiger partial charge >= 0.3 is 17.9 Å². The molecule has 6 heteroatoms. The second-order valence-corrected chi connectivity index (χ2v) is 19.9. The van der Waals surface area contributed by atoms with E-state index in [1.807, 2.05) is 0 Å². The maximum atomic E-state index is 12.7. The number of unbranched alkanes of at least 4 members (excludes halogenated alkanes) is 39. The lowest BCUT2D eigenvalue weighted by Crippen LogP contribution is -2.30. The lowest BCUT2D eigenvalue weighted by Gasteiger charge is -2.18. The summed E-state index contributed by atoms with van der Waals surface area (Å²) in [6.07, 6.45) is 65.3. The average Bonchev–Trinajstić information content (AvgIpc) is 3.31. The van der Waals surface area contributed by atoms with Gasteiger partial charge in [-0.05, 0) is 51.4 Å². The van der Waals surface area contributed by atoms with E-state index in [4.69, 9.17) is 14.2 Å². The minimum atomic E-state index is -0.760. The van der Waals surface area contributed by atoms with Crippen LogP contribution < -0.4 is 0 Å². The van der Waals surface area contributed by atoms with Crippen LogP contribution in [0.4, 0.5) is 0 Å². The fraction of sp³-hybridized carbons (Fsp3) is 0.883. The molecule has 6 nitrogen and oxygen atoms in total. The Balaban J connectivity index is 3.82. The zero-order chi connectivity index (χ0) is 47.9. The second kappa shape index (κ2) is 55.5. The smallest absolute Gasteiger partial charge is 0.306 e. The standard InChI is InChI=1S/C60H112O6/c1-4-7-10-13-16-18-19-20-21-22-23-24-25-26-27-28-29-30-31-32-33-34-35-36-37-38-39-40-41-42-45-47-50-53-59(62)65-56-57(55-64-58(61)52-49-46-43-15-12-9-6-3)66-60(63)54-51-48-44-17-14-11-8-5-2/h19-20,22-23,57H,4-18,21,24-56H2,1-3H3/b20-19-,23-22-. The third-order valence-electron chi connectivity index (χ3n) is 13.2. The van der Waals surface area contributed by atoms with E-state index in [1.165, 1.54) is 218 Å². The number of carbonyl (C=O) groups excluding carboxylic acids is 3. The van der Waals surface area contributed by atoms with Gasteiger partial charge in [-0.1, -0.05) is 276 Å². The highest BCUT2D eigenvalue weighted by Crippen LogP contribution is 2.17. The van der Waals surface area contributed by atoms with Crippen LogP contribution in [-0.4, -0.2) is 37.2 Å². The highest BCUT2D eigenvalue weighted by Gasteiger charge is 2.19. The lowest BCUT2D eigenvalue weighted by molar-refractivity contribution is -0.167. The van der Waals surface area contributed by atoms with Crippen molar-refractivity contribution in [1.82, 2.24) is 0 Å². The zero-order valence-corrected chi connectivity index (χ0v) is 44.5. The van der Waals surface area contributed by atoms with E-state index in [-0.39, 0.29) is 31.1 Å². The molecule has 388 valence electrons. The van der Waals surface area contributed by atoms with Crippen LogP contribution in [0.15, 0.2) is 24.3 Å². The van der Waals surface area contributed by atoms with Crippen LogP contribution in [0.3, 0.4) is 0 Å². The molecule has 66 heavy (non-hydrogen) atoms. The number of esters is 3. The van der Waals surface area contributed by atoms with E-state index in [9.17, 15) is 14.4 Å². The molecule has 0 N–H and O–H groups in total. The Morgan fingerprint density at radius 2 is 0.545 bits per heavy atom. The first-order valence-corrected chi connectivity index (χ1v) is 29.3. The van der Waals surface area contributed by atoms with Gasteiger partial charge in [0.05, 0.1) is 0 Å². The SMILES string of the molecule is CCCCCCC/C=C\C/C=C\CCCCCCCCCCCCCCCCCCCCCCCC(=O)OCC(COC(=O)CCCCCCCCC)OC(=O)CCCCCCCCCC. The van der Waals surface area contributed by atoms with E-state index >= 15 is 0 Å². The van der Waals surface area contributed by atoms with Gasteiger partial charge in [-0.2, -0.15) is 0 Å². The van der Waals surface area contributed by atoms with Crippen LogP contribution in [0.25, 0.3) is 0 Å². The first-order valence-electron chi connectivity index (χ1n) is 29.3. The molecule has 0 aromatic carbocycles. The topological polar surface area (TPSA) is 78.9 Å². The van der Waals surface area contributed by atoms with Crippen LogP contribution in [0.5, 0.6) is 0 Å². The lowest BCUT2D eigenvalue weighted by atomic mass is 10.0. The molecule has 0 heterocycles. The molecular formula is C60H112O6. The number of allylic oxidation sites excluding steroid dienone is 4. The van der Waals surface area contributed by atoms with Gasteiger partial charge in [0.2, 0.25) is 0 Å². The molecule has 0 saturated carbocycles. The van der Waals surface area contributed by atoms with Crippen LogP contribution in [0.1, 0.15) is 323 Å². The molecule has 0 radical (unpaired) electrons. The fourth-order valence-electron chi connectivity index (χ4n) is 8.77. The number of carbonyl (C=O) groups is 3. The van der Waals surface area contributed by atoms with Crippen LogP contribution in [-0.2, 0) is 28.6 Å². The van der Waals surface area contributed by atoms with Gasteiger partial charge in [-0.15, -0.1) is 0 Å². The summed E-state index contributed by atoms with van der Waals surface area (Å²) >= 11 is 0. The predicted molar refractivity (Wildman–Crippen MR) is 284 cm³/mol. The van der Waals surface area contributed by atoms with Crippen molar-refractivity contribution in [1.29, 1.82) is 0 Å². The number of ether oxygens (including phenoxy) is 3. The van der Waals surface area contributed by atoms with Gasteiger partial charge < -0.3 is 14.2 Å². The van der Waals surface area contributed by atoms with Crippen molar-refractivity contribution < 1.29 is 28.6 Å². The summed E-state index contributed by atoms with van der Waals surface area (Å²) in [5.74, 6) is -0.862. The first-order chi connectivity index (χ1) is 32.5. The molecule has 0 bridgehead atoms. The molecule has 0 fully saturated rings. The minimum Gasteiger partial charge on any atom is -0.462 e. The van der Waals surface area contributed by atoms with Crippen LogP contribution in [0, 0.1) is 0 Å². The third-order valence-corrected chi connectivity index (χ3v) is 13.2. The molecule has 0 aromatic heterocycles. The molecule has 0 aliphatic carbocycles. The molecule has 0 aliphatic rings. The Morgan fingerprint density at radius 1 is 0.303 bits per heavy atom. The van der Waals surface area contributed by atoms with Crippen molar-refractivity contribution in [3.8, 4) is 0 Å². The van der Waals surface area contributed by atoms with Gasteiger partial charge in [-0.25, -0.2) is 0 Å². The largest absolute Gasteiger partial charge is 0.462 e. The van der Waals surface area contributed by atoms with Gasteiger partial charge in [-0.3, -0.25) is 14.4 Å². The van der Waals surface area contributed by atoms with Crippen molar-refractivity contribution in [2.24, 2.45) is 0 Å². The van der Waals surface area contributed by atoms with Crippen molar-refractivity contribution in [2.75, 3.05) is 13.2 Å². The maximum absolute atomic E-state index is 12.7. The highest BCUT2D eigenvalue weighted by atomic mass is 16.6. The summed E-state index contributed by atoms with van der Waals surface area (Å²) in [5.41, 5.74) is 0. The monoisotopic (exact) mass is 929 g/mol. The molecule has 1 atom stereocenters. The molecule has 1 unspecified atom stereocenters. The summed E-state index contributed by atoms with van der Waals surface area (Å²) in [6, 6.07) is 0. The number of hydrogen-bond donors (Lipinski definition) is 0. The van der Waals surface area contributed by atoms with E-state index in [2.05, 4.69) is 45.1 Å². The number of rotatable bonds is 54. The van der Waals surface area contributed by atoms with Gasteiger partial charge in [0.25, 0.3) is 0 Å². The summed E-state index contributed by atoms with van der Waals surface area (Å²) < 4.78 is 16.7. The zero-order valence-electron chi connectivity index (χ0n) is 44.5. The minimum absolute atomic E-state index is 0.0655. The summed E-state index contributed by atoms with van der Waals surface area (Å²) in [7, 11) is 0. The molecule has 0 aliphatic heterocycles. The Labute approximate surface area is 411 Å². The predicted octanol–water partition coefficient (Wildman–Crippen LogP) is 19.5. The third kappa shape index (κ3) is 52.9. The van der Waals surface area contributed by atoms with Crippen molar-refractivity contribution in [3.05, 3.63) is 24.3 Å². The Morgan fingerprint density at radius 3 is 0.833 bits per heavy atom. The molecule has 0 spiro atoms. The summed E-state index contributed by atoms with van der Waals surface area (Å²) in [6.45, 7) is 6.59. The number of hydrogen-bond acceptors (Lipinski definition) is 6.